The number of hydrazine groups is 1. The van der Waals surface area contributed by atoms with Gasteiger partial charge in [-0.15, -0.1) is 0 Å². The van der Waals surface area contributed by atoms with Crippen LogP contribution in [0.3, 0.4) is 0 Å². The van der Waals surface area contributed by atoms with E-state index in [1.54, 1.807) is 0 Å². The van der Waals surface area contributed by atoms with Crippen LogP contribution in [0, 0.1) is 0 Å². The van der Waals surface area contributed by atoms with Gasteiger partial charge in [-0.2, -0.15) is 8.42 Å². The lowest BCUT2D eigenvalue weighted by atomic mass is 10.2. The van der Waals surface area contributed by atoms with Gasteiger partial charge in [0.1, 0.15) is 0 Å². The van der Waals surface area contributed by atoms with Gasteiger partial charge in [0.25, 0.3) is 0 Å². The molecule has 0 bridgehead atoms. The van der Waals surface area contributed by atoms with Gasteiger partial charge in [0, 0.05) is 11.0 Å². The van der Waals surface area contributed by atoms with Crippen LogP contribution < -0.4 is 11.3 Å². The predicted molar refractivity (Wildman–Crippen MR) is 59.3 cm³/mol. The van der Waals surface area contributed by atoms with Crippen molar-refractivity contribution < 1.29 is 17.5 Å². The van der Waals surface area contributed by atoms with E-state index in [9.17, 15) is 0 Å². The first-order chi connectivity index (χ1) is 6.83. The van der Waals surface area contributed by atoms with E-state index in [-0.39, 0.29) is 0 Å². The molecule has 0 unspecified atom stereocenters. The Labute approximate surface area is 96.2 Å². The smallest absolute Gasteiger partial charge is 0.271 e. The van der Waals surface area contributed by atoms with Crippen molar-refractivity contribution in [3.63, 3.8) is 0 Å². The van der Waals surface area contributed by atoms with Gasteiger partial charge in [0.15, 0.2) is 0 Å². The molecule has 1 aromatic carbocycles. The fourth-order valence-electron chi connectivity index (χ4n) is 0.720. The average molecular weight is 299 g/mol. The zero-order valence-electron chi connectivity index (χ0n) is 7.59. The van der Waals surface area contributed by atoms with Crippen LogP contribution in [0.1, 0.15) is 5.56 Å². The minimum Gasteiger partial charge on any atom is -0.271 e. The number of benzene rings is 1. The Kier molecular flexibility index (Phi) is 6.65. The third-order valence-electron chi connectivity index (χ3n) is 1.22. The third kappa shape index (κ3) is 11.4. The van der Waals surface area contributed by atoms with Crippen molar-refractivity contribution in [3.8, 4) is 0 Å². The topological polar surface area (TPSA) is 113 Å². The third-order valence-corrected chi connectivity index (χ3v) is 1.75. The SMILES string of the molecule is NNCc1ccc(Br)cc1.O=S(=O)(O)O. The lowest BCUT2D eigenvalue weighted by Gasteiger charge is -1.97. The summed E-state index contributed by atoms with van der Waals surface area (Å²) in [6.45, 7) is 0.716. The highest BCUT2D eigenvalue weighted by Crippen LogP contribution is 2.09. The first kappa shape index (κ1) is 14.5. The van der Waals surface area contributed by atoms with E-state index in [2.05, 4.69) is 21.4 Å². The first-order valence-electron chi connectivity index (χ1n) is 3.70. The van der Waals surface area contributed by atoms with E-state index in [1.807, 2.05) is 24.3 Å². The summed E-state index contributed by atoms with van der Waals surface area (Å²) < 4.78 is 32.7. The predicted octanol–water partition coefficient (Wildman–Crippen LogP) is 0.760. The van der Waals surface area contributed by atoms with E-state index >= 15 is 0 Å². The second-order valence-corrected chi connectivity index (χ2v) is 4.27. The molecular formula is C7H11BrN2O4S. The molecule has 0 radical (unpaired) electrons. The Morgan fingerprint density at radius 1 is 1.27 bits per heavy atom. The molecule has 0 amide bonds. The Hall–Kier alpha value is -0.510. The highest BCUT2D eigenvalue weighted by molar-refractivity contribution is 9.10. The molecule has 1 rings (SSSR count). The Balaban J connectivity index is 0.000000336. The molecule has 0 aliphatic rings. The summed E-state index contributed by atoms with van der Waals surface area (Å²) in [5.41, 5.74) is 3.77. The molecule has 0 aliphatic carbocycles. The summed E-state index contributed by atoms with van der Waals surface area (Å²) in [6, 6.07) is 8.02. The molecule has 0 heterocycles. The number of nitrogens with two attached hydrogens (primary N) is 1. The minimum atomic E-state index is -4.67. The minimum absolute atomic E-state index is 0.716. The summed E-state index contributed by atoms with van der Waals surface area (Å²) >= 11 is 3.34. The summed E-state index contributed by atoms with van der Waals surface area (Å²) in [6.07, 6.45) is 0. The number of hydrogen-bond donors (Lipinski definition) is 4. The van der Waals surface area contributed by atoms with E-state index in [1.165, 1.54) is 5.56 Å². The Morgan fingerprint density at radius 3 is 2.00 bits per heavy atom. The molecule has 0 aromatic heterocycles. The number of halogens is 1. The molecule has 0 aliphatic heterocycles. The fraction of sp³-hybridized carbons (Fsp3) is 0.143. The summed E-state index contributed by atoms with van der Waals surface area (Å²) in [4.78, 5) is 0. The van der Waals surface area contributed by atoms with Crippen LogP contribution in [0.2, 0.25) is 0 Å². The number of hydrogen-bond acceptors (Lipinski definition) is 4. The van der Waals surface area contributed by atoms with Crippen molar-refractivity contribution in [3.05, 3.63) is 34.3 Å². The average Bonchev–Trinajstić information content (AvgIpc) is 2.06. The second-order valence-electron chi connectivity index (χ2n) is 2.46. The van der Waals surface area contributed by atoms with E-state index in [4.69, 9.17) is 23.4 Å². The van der Waals surface area contributed by atoms with Crippen molar-refractivity contribution in [2.75, 3.05) is 0 Å². The van der Waals surface area contributed by atoms with Crippen LogP contribution in [-0.4, -0.2) is 17.5 Å². The standard InChI is InChI=1S/C7H9BrN2.H2O4S/c8-7-3-1-6(2-4-7)5-10-9;1-5(2,3)4/h1-4,10H,5,9H2;(H2,1,2,3,4). The Morgan fingerprint density at radius 2 is 1.67 bits per heavy atom. The largest absolute Gasteiger partial charge is 0.394 e. The van der Waals surface area contributed by atoms with Gasteiger partial charge in [-0.1, -0.05) is 28.1 Å². The first-order valence-corrected chi connectivity index (χ1v) is 5.89. The monoisotopic (exact) mass is 298 g/mol. The number of rotatable bonds is 2. The summed E-state index contributed by atoms with van der Waals surface area (Å²) in [7, 11) is -4.67. The lowest BCUT2D eigenvalue weighted by Crippen LogP contribution is -2.20. The molecular weight excluding hydrogens is 288 g/mol. The summed E-state index contributed by atoms with van der Waals surface area (Å²) in [5.74, 6) is 5.14. The molecule has 0 spiro atoms. The molecule has 5 N–H and O–H groups in total. The van der Waals surface area contributed by atoms with Crippen molar-refractivity contribution in [1.29, 1.82) is 0 Å². The molecule has 8 heteroatoms. The summed E-state index contributed by atoms with van der Waals surface area (Å²) in [5, 5.41) is 0. The number of nitrogens with one attached hydrogen (secondary N) is 1. The molecule has 1 aromatic rings. The van der Waals surface area contributed by atoms with Gasteiger partial charge in [-0.05, 0) is 17.7 Å². The van der Waals surface area contributed by atoms with Crippen molar-refractivity contribution in [2.45, 2.75) is 6.54 Å². The maximum absolute atomic E-state index is 8.74. The maximum Gasteiger partial charge on any atom is 0.394 e. The molecule has 0 atom stereocenters. The van der Waals surface area contributed by atoms with Gasteiger partial charge in [0.05, 0.1) is 0 Å². The van der Waals surface area contributed by atoms with Crippen LogP contribution in [-0.2, 0) is 16.9 Å². The quantitative estimate of drug-likeness (QED) is 0.364. The molecule has 0 saturated carbocycles. The maximum atomic E-state index is 8.74. The second kappa shape index (κ2) is 6.88. The van der Waals surface area contributed by atoms with Gasteiger partial charge in [-0.3, -0.25) is 20.4 Å². The van der Waals surface area contributed by atoms with Gasteiger partial charge in [-0.25, -0.2) is 0 Å². The zero-order valence-corrected chi connectivity index (χ0v) is 9.99. The van der Waals surface area contributed by atoms with E-state index < -0.39 is 10.4 Å². The van der Waals surface area contributed by atoms with E-state index in [0.717, 1.165) is 4.47 Å². The fourth-order valence-corrected chi connectivity index (χ4v) is 0.984. The van der Waals surface area contributed by atoms with Crippen LogP contribution in [0.5, 0.6) is 0 Å². The normalized spacial score (nSPS) is 10.4. The molecule has 86 valence electrons. The molecule has 0 saturated heterocycles. The van der Waals surface area contributed by atoms with Crippen molar-refractivity contribution in [2.24, 2.45) is 5.84 Å². The van der Waals surface area contributed by atoms with E-state index in [0.29, 0.717) is 6.54 Å². The highest BCUT2D eigenvalue weighted by Gasteiger charge is 1.88. The van der Waals surface area contributed by atoms with Crippen LogP contribution in [0.15, 0.2) is 28.7 Å². The zero-order chi connectivity index (χ0) is 11.9. The molecule has 0 fully saturated rings. The van der Waals surface area contributed by atoms with Gasteiger partial charge in [0.2, 0.25) is 0 Å². The van der Waals surface area contributed by atoms with Gasteiger partial charge >= 0.3 is 10.4 Å². The van der Waals surface area contributed by atoms with Crippen molar-refractivity contribution >= 4 is 26.3 Å². The van der Waals surface area contributed by atoms with Crippen LogP contribution in [0.4, 0.5) is 0 Å². The lowest BCUT2D eigenvalue weighted by molar-refractivity contribution is 0.381. The van der Waals surface area contributed by atoms with Crippen LogP contribution in [0.25, 0.3) is 0 Å². The van der Waals surface area contributed by atoms with Crippen LogP contribution >= 0.6 is 15.9 Å². The Bertz CT molecular complexity index is 370. The van der Waals surface area contributed by atoms with Crippen molar-refractivity contribution in [1.82, 2.24) is 5.43 Å². The van der Waals surface area contributed by atoms with Gasteiger partial charge < -0.3 is 0 Å². The molecule has 15 heavy (non-hydrogen) atoms. The molecule has 6 nitrogen and oxygen atoms in total. The highest BCUT2D eigenvalue weighted by atomic mass is 79.9.